The number of pyridine rings is 1. The summed E-state index contributed by atoms with van der Waals surface area (Å²) >= 11 is 0. The fourth-order valence-electron chi connectivity index (χ4n) is 3.69. The monoisotopic (exact) mass is 392 g/mol. The maximum Gasteiger partial charge on any atom is 0.257 e. The number of nitrogens with one attached hydrogen (secondary N) is 1. The number of amides is 1. The SMILES string of the molecule is CCOc1ccc2c(c1)c(=O)c(C(=O)N[C@@H](C)c1cc(C)c(C)cc1C)cn2C. The van der Waals surface area contributed by atoms with Gasteiger partial charge in [-0.2, -0.15) is 0 Å². The van der Waals surface area contributed by atoms with E-state index in [0.717, 1.165) is 16.6 Å². The summed E-state index contributed by atoms with van der Waals surface area (Å²) in [4.78, 5) is 26.0. The number of rotatable bonds is 5. The third kappa shape index (κ3) is 4.04. The van der Waals surface area contributed by atoms with E-state index in [4.69, 9.17) is 4.74 Å². The molecule has 0 spiro atoms. The van der Waals surface area contributed by atoms with Gasteiger partial charge in [0, 0.05) is 13.2 Å². The molecule has 3 aromatic rings. The molecule has 1 aromatic heterocycles. The van der Waals surface area contributed by atoms with Crippen molar-refractivity contribution in [3.8, 4) is 5.75 Å². The molecule has 1 N–H and O–H groups in total. The van der Waals surface area contributed by atoms with Gasteiger partial charge in [-0.05, 0) is 75.1 Å². The Labute approximate surface area is 171 Å². The quantitative estimate of drug-likeness (QED) is 0.702. The van der Waals surface area contributed by atoms with E-state index >= 15 is 0 Å². The van der Waals surface area contributed by atoms with Gasteiger partial charge < -0.3 is 14.6 Å². The van der Waals surface area contributed by atoms with Gasteiger partial charge in [0.1, 0.15) is 11.3 Å². The first-order valence-electron chi connectivity index (χ1n) is 9.87. The maximum absolute atomic E-state index is 13.0. The minimum absolute atomic E-state index is 0.127. The summed E-state index contributed by atoms with van der Waals surface area (Å²) in [6, 6.07) is 9.38. The molecule has 5 heteroatoms. The molecule has 0 aliphatic carbocycles. The Balaban J connectivity index is 1.97. The van der Waals surface area contributed by atoms with Crippen molar-refractivity contribution < 1.29 is 9.53 Å². The van der Waals surface area contributed by atoms with Crippen molar-refractivity contribution in [3.63, 3.8) is 0 Å². The van der Waals surface area contributed by atoms with Crippen LogP contribution in [0.5, 0.6) is 5.75 Å². The summed E-state index contributed by atoms with van der Waals surface area (Å²) in [5.74, 6) is 0.244. The highest BCUT2D eigenvalue weighted by atomic mass is 16.5. The van der Waals surface area contributed by atoms with E-state index in [0.29, 0.717) is 17.7 Å². The Bertz CT molecular complexity index is 1150. The smallest absolute Gasteiger partial charge is 0.257 e. The second-order valence-corrected chi connectivity index (χ2v) is 7.58. The molecule has 0 saturated heterocycles. The Hall–Kier alpha value is -3.08. The Morgan fingerprint density at radius 3 is 2.48 bits per heavy atom. The molecule has 1 heterocycles. The molecule has 2 aromatic carbocycles. The van der Waals surface area contributed by atoms with Gasteiger partial charge in [0.2, 0.25) is 5.43 Å². The van der Waals surface area contributed by atoms with Crippen molar-refractivity contribution in [2.45, 2.75) is 40.7 Å². The molecule has 1 atom stereocenters. The number of ether oxygens (including phenoxy) is 1. The van der Waals surface area contributed by atoms with E-state index < -0.39 is 0 Å². The highest BCUT2D eigenvalue weighted by molar-refractivity contribution is 5.97. The molecule has 0 aliphatic heterocycles. The van der Waals surface area contributed by atoms with Gasteiger partial charge in [0.15, 0.2) is 0 Å². The normalized spacial score (nSPS) is 12.1. The standard InChI is InChI=1S/C24H28N2O3/c1-7-29-18-8-9-22-20(12-18)23(27)21(13-26(22)6)24(28)25-17(5)19-11-15(3)14(2)10-16(19)4/h8-13,17H,7H2,1-6H3,(H,25,28)/t17-/m0/s1. The van der Waals surface area contributed by atoms with Crippen LogP contribution in [0.25, 0.3) is 10.9 Å². The predicted octanol–water partition coefficient (Wildman–Crippen LogP) is 4.35. The van der Waals surface area contributed by atoms with Crippen LogP contribution in [0.2, 0.25) is 0 Å². The van der Waals surface area contributed by atoms with E-state index in [1.54, 1.807) is 16.8 Å². The van der Waals surface area contributed by atoms with Crippen molar-refractivity contribution in [1.29, 1.82) is 0 Å². The van der Waals surface area contributed by atoms with Crippen molar-refractivity contribution >= 4 is 16.8 Å². The van der Waals surface area contributed by atoms with Crippen LogP contribution in [0.1, 0.15) is 52.5 Å². The lowest BCUT2D eigenvalue weighted by Crippen LogP contribution is -2.32. The molecule has 1 amide bonds. The minimum atomic E-state index is -0.376. The second kappa shape index (κ2) is 8.11. The molecule has 0 bridgehead atoms. The first kappa shape index (κ1) is 20.6. The Morgan fingerprint density at radius 1 is 1.10 bits per heavy atom. The lowest BCUT2D eigenvalue weighted by Gasteiger charge is -2.19. The van der Waals surface area contributed by atoms with Crippen LogP contribution in [0.15, 0.2) is 41.3 Å². The average molecular weight is 392 g/mol. The molecule has 152 valence electrons. The van der Waals surface area contributed by atoms with Crippen molar-refractivity contribution in [3.05, 3.63) is 74.6 Å². The zero-order chi connectivity index (χ0) is 21.3. The van der Waals surface area contributed by atoms with E-state index in [2.05, 4.69) is 31.3 Å². The van der Waals surface area contributed by atoms with Gasteiger partial charge in [-0.1, -0.05) is 12.1 Å². The topological polar surface area (TPSA) is 60.3 Å². The van der Waals surface area contributed by atoms with Crippen molar-refractivity contribution in [2.24, 2.45) is 7.05 Å². The third-order valence-electron chi connectivity index (χ3n) is 5.41. The van der Waals surface area contributed by atoms with Crippen LogP contribution < -0.4 is 15.5 Å². The van der Waals surface area contributed by atoms with Gasteiger partial charge in [0.05, 0.1) is 23.6 Å². The summed E-state index contributed by atoms with van der Waals surface area (Å²) < 4.78 is 7.32. The molecule has 5 nitrogen and oxygen atoms in total. The van der Waals surface area contributed by atoms with Gasteiger partial charge in [0.25, 0.3) is 5.91 Å². The number of nitrogens with zero attached hydrogens (tertiary/aromatic N) is 1. The number of hydrogen-bond donors (Lipinski definition) is 1. The highest BCUT2D eigenvalue weighted by Crippen LogP contribution is 2.22. The van der Waals surface area contributed by atoms with Crippen LogP contribution >= 0.6 is 0 Å². The lowest BCUT2D eigenvalue weighted by molar-refractivity contribution is 0.0938. The van der Waals surface area contributed by atoms with E-state index in [9.17, 15) is 9.59 Å². The Morgan fingerprint density at radius 2 is 1.79 bits per heavy atom. The average Bonchev–Trinajstić information content (AvgIpc) is 2.67. The third-order valence-corrected chi connectivity index (χ3v) is 5.41. The molecule has 0 aliphatic rings. The number of hydrogen-bond acceptors (Lipinski definition) is 3. The van der Waals surface area contributed by atoms with Gasteiger partial charge in [-0.15, -0.1) is 0 Å². The number of carbonyl (C=O) groups is 1. The Kier molecular flexibility index (Phi) is 5.78. The van der Waals surface area contributed by atoms with E-state index in [1.807, 2.05) is 40.0 Å². The summed E-state index contributed by atoms with van der Waals surface area (Å²) in [5, 5.41) is 3.46. The first-order valence-corrected chi connectivity index (χ1v) is 9.87. The van der Waals surface area contributed by atoms with Gasteiger partial charge in [-0.3, -0.25) is 9.59 Å². The predicted molar refractivity (Wildman–Crippen MR) is 117 cm³/mol. The fourth-order valence-corrected chi connectivity index (χ4v) is 3.69. The van der Waals surface area contributed by atoms with Crippen molar-refractivity contribution in [2.75, 3.05) is 6.61 Å². The summed E-state index contributed by atoms with van der Waals surface area (Å²) in [6.45, 7) is 10.5. The summed E-state index contributed by atoms with van der Waals surface area (Å²) in [6.07, 6.45) is 1.60. The fraction of sp³-hybridized carbons (Fsp3) is 0.333. The highest BCUT2D eigenvalue weighted by Gasteiger charge is 2.19. The van der Waals surface area contributed by atoms with Crippen LogP contribution in [0.3, 0.4) is 0 Å². The molecule has 0 radical (unpaired) electrons. The van der Waals surface area contributed by atoms with Gasteiger partial charge in [-0.25, -0.2) is 0 Å². The van der Waals surface area contributed by atoms with Crippen LogP contribution in [0, 0.1) is 20.8 Å². The number of aromatic nitrogens is 1. The molecule has 0 saturated carbocycles. The largest absolute Gasteiger partial charge is 0.494 e. The van der Waals surface area contributed by atoms with E-state index in [-0.39, 0.29) is 22.9 Å². The summed E-state index contributed by atoms with van der Waals surface area (Å²) in [5.41, 5.74) is 5.16. The van der Waals surface area contributed by atoms with Gasteiger partial charge >= 0.3 is 0 Å². The van der Waals surface area contributed by atoms with Crippen LogP contribution in [0.4, 0.5) is 0 Å². The number of fused-ring (bicyclic) bond motifs is 1. The zero-order valence-corrected chi connectivity index (χ0v) is 17.9. The molecular formula is C24H28N2O3. The molecule has 29 heavy (non-hydrogen) atoms. The number of carbonyl (C=O) groups excluding carboxylic acids is 1. The maximum atomic E-state index is 13.0. The van der Waals surface area contributed by atoms with E-state index in [1.165, 1.54) is 11.1 Å². The number of aryl methyl sites for hydroxylation is 4. The lowest BCUT2D eigenvalue weighted by atomic mass is 9.96. The molecule has 0 unspecified atom stereocenters. The van der Waals surface area contributed by atoms with Crippen LogP contribution in [-0.2, 0) is 7.05 Å². The second-order valence-electron chi connectivity index (χ2n) is 7.58. The molecular weight excluding hydrogens is 364 g/mol. The van der Waals surface area contributed by atoms with Crippen LogP contribution in [-0.4, -0.2) is 17.1 Å². The molecule has 3 rings (SSSR count). The molecule has 0 fully saturated rings. The minimum Gasteiger partial charge on any atom is -0.494 e. The summed E-state index contributed by atoms with van der Waals surface area (Å²) in [7, 11) is 1.83. The number of benzene rings is 2. The first-order chi connectivity index (χ1) is 13.7. The zero-order valence-electron chi connectivity index (χ0n) is 17.9. The van der Waals surface area contributed by atoms with Crippen molar-refractivity contribution in [1.82, 2.24) is 9.88 Å².